The standard InChI is InChI=1S/C49H92O6/c1-4-7-10-13-16-19-21-23-25-27-30-33-36-39-42-48(51)54-45-46(44-53-47(50)41-38-35-32-29-18-15-12-9-6-3)55-49(52)43-40-37-34-31-28-26-24-22-20-17-14-11-8-5-2/h21,23,46H,4-20,22,24-45H2,1-3H3/b23-21-. The van der Waals surface area contributed by atoms with Crippen LogP contribution in [0.25, 0.3) is 0 Å². The molecule has 324 valence electrons. The Morgan fingerprint density at radius 1 is 0.345 bits per heavy atom. The number of hydrogen-bond donors (Lipinski definition) is 0. The number of allylic oxidation sites excluding steroid dienone is 2. The highest BCUT2D eigenvalue weighted by Gasteiger charge is 2.19. The van der Waals surface area contributed by atoms with Gasteiger partial charge in [0.1, 0.15) is 13.2 Å². The molecule has 0 fully saturated rings. The fourth-order valence-electron chi connectivity index (χ4n) is 7.08. The lowest BCUT2D eigenvalue weighted by Gasteiger charge is -2.18. The smallest absolute Gasteiger partial charge is 0.306 e. The third-order valence-electron chi connectivity index (χ3n) is 10.8. The Balaban J connectivity index is 4.32. The third kappa shape index (κ3) is 43.1. The van der Waals surface area contributed by atoms with Crippen molar-refractivity contribution in [1.82, 2.24) is 0 Å². The number of hydrogen-bond acceptors (Lipinski definition) is 6. The van der Waals surface area contributed by atoms with Crippen molar-refractivity contribution >= 4 is 17.9 Å². The maximum absolute atomic E-state index is 12.7. The summed E-state index contributed by atoms with van der Waals surface area (Å²) < 4.78 is 16.7. The van der Waals surface area contributed by atoms with Crippen LogP contribution in [0.2, 0.25) is 0 Å². The van der Waals surface area contributed by atoms with Gasteiger partial charge < -0.3 is 14.2 Å². The normalized spacial score (nSPS) is 12.0. The van der Waals surface area contributed by atoms with E-state index in [1.54, 1.807) is 0 Å². The summed E-state index contributed by atoms with van der Waals surface area (Å²) in [6, 6.07) is 0. The first-order valence-electron chi connectivity index (χ1n) is 24.2. The van der Waals surface area contributed by atoms with E-state index >= 15 is 0 Å². The molecule has 6 heteroatoms. The van der Waals surface area contributed by atoms with Crippen LogP contribution in [0.15, 0.2) is 12.2 Å². The maximum atomic E-state index is 12.7. The molecule has 0 aromatic carbocycles. The molecule has 0 amide bonds. The zero-order valence-corrected chi connectivity index (χ0v) is 37.0. The van der Waals surface area contributed by atoms with E-state index in [1.165, 1.54) is 161 Å². The summed E-state index contributed by atoms with van der Waals surface area (Å²) in [5.41, 5.74) is 0. The Morgan fingerprint density at radius 3 is 0.909 bits per heavy atom. The molecular formula is C49H92O6. The molecule has 0 N–H and O–H groups in total. The monoisotopic (exact) mass is 777 g/mol. The predicted molar refractivity (Wildman–Crippen MR) is 233 cm³/mol. The quantitative estimate of drug-likeness (QED) is 0.0265. The summed E-state index contributed by atoms with van der Waals surface area (Å²) in [6.45, 7) is 6.62. The Labute approximate surface area is 341 Å². The first kappa shape index (κ1) is 53.1. The zero-order valence-electron chi connectivity index (χ0n) is 37.0. The number of carbonyl (C=O) groups is 3. The molecule has 0 aliphatic carbocycles. The van der Waals surface area contributed by atoms with Crippen molar-refractivity contribution < 1.29 is 28.6 Å². The SMILES string of the molecule is CCCCCCC/C=C\CCCCCCCC(=O)OCC(COC(=O)CCCCCCCCCCC)OC(=O)CCCCCCCCCCCCCCCC. The van der Waals surface area contributed by atoms with Gasteiger partial charge in [-0.3, -0.25) is 14.4 Å². The molecule has 0 rings (SSSR count). The van der Waals surface area contributed by atoms with E-state index in [-0.39, 0.29) is 31.1 Å². The molecule has 1 atom stereocenters. The van der Waals surface area contributed by atoms with Crippen LogP contribution in [0, 0.1) is 0 Å². The molecule has 0 heterocycles. The Hall–Kier alpha value is -1.85. The minimum Gasteiger partial charge on any atom is -0.462 e. The number of carbonyl (C=O) groups excluding carboxylic acids is 3. The van der Waals surface area contributed by atoms with Crippen LogP contribution < -0.4 is 0 Å². The van der Waals surface area contributed by atoms with Gasteiger partial charge in [0.2, 0.25) is 0 Å². The summed E-state index contributed by atoms with van der Waals surface area (Å²) in [6.07, 6.45) is 47.6. The van der Waals surface area contributed by atoms with Crippen molar-refractivity contribution in [2.75, 3.05) is 13.2 Å². The molecule has 0 aromatic rings. The number of unbranched alkanes of at least 4 members (excludes halogenated alkanes) is 31. The molecule has 0 saturated carbocycles. The second-order valence-corrected chi connectivity index (χ2v) is 16.4. The van der Waals surface area contributed by atoms with Gasteiger partial charge in [-0.25, -0.2) is 0 Å². The van der Waals surface area contributed by atoms with Crippen molar-refractivity contribution in [2.45, 2.75) is 271 Å². The fourth-order valence-corrected chi connectivity index (χ4v) is 7.08. The third-order valence-corrected chi connectivity index (χ3v) is 10.8. The van der Waals surface area contributed by atoms with Crippen LogP contribution in [0.5, 0.6) is 0 Å². The van der Waals surface area contributed by atoms with Crippen LogP contribution in [-0.4, -0.2) is 37.2 Å². The van der Waals surface area contributed by atoms with Gasteiger partial charge in [-0.05, 0) is 44.9 Å². The van der Waals surface area contributed by atoms with Crippen molar-refractivity contribution in [3.05, 3.63) is 12.2 Å². The lowest BCUT2D eigenvalue weighted by molar-refractivity contribution is -0.167. The Bertz CT molecular complexity index is 854. The molecule has 0 spiro atoms. The molecule has 1 unspecified atom stereocenters. The van der Waals surface area contributed by atoms with E-state index in [4.69, 9.17) is 14.2 Å². The molecule has 0 aliphatic heterocycles. The van der Waals surface area contributed by atoms with Gasteiger partial charge in [0.05, 0.1) is 0 Å². The van der Waals surface area contributed by atoms with E-state index < -0.39 is 6.10 Å². The van der Waals surface area contributed by atoms with Gasteiger partial charge in [-0.1, -0.05) is 213 Å². The molecule has 0 bridgehead atoms. The van der Waals surface area contributed by atoms with Gasteiger partial charge >= 0.3 is 17.9 Å². The lowest BCUT2D eigenvalue weighted by atomic mass is 10.0. The minimum absolute atomic E-state index is 0.0681. The van der Waals surface area contributed by atoms with E-state index in [0.717, 1.165) is 64.2 Å². The van der Waals surface area contributed by atoms with Gasteiger partial charge in [0, 0.05) is 19.3 Å². The van der Waals surface area contributed by atoms with Crippen LogP contribution in [0.1, 0.15) is 265 Å². The largest absolute Gasteiger partial charge is 0.462 e. The second-order valence-electron chi connectivity index (χ2n) is 16.4. The minimum atomic E-state index is -0.764. The van der Waals surface area contributed by atoms with Gasteiger partial charge in [-0.2, -0.15) is 0 Å². The number of rotatable bonds is 44. The fraction of sp³-hybridized carbons (Fsp3) is 0.898. The Morgan fingerprint density at radius 2 is 0.600 bits per heavy atom. The van der Waals surface area contributed by atoms with E-state index in [0.29, 0.717) is 19.3 Å². The van der Waals surface area contributed by atoms with Crippen LogP contribution >= 0.6 is 0 Å². The number of ether oxygens (including phenoxy) is 3. The van der Waals surface area contributed by atoms with E-state index in [2.05, 4.69) is 32.9 Å². The Kier molecular flexibility index (Phi) is 43.4. The topological polar surface area (TPSA) is 78.9 Å². The first-order valence-corrected chi connectivity index (χ1v) is 24.2. The summed E-state index contributed by atoms with van der Waals surface area (Å²) in [5.74, 6) is -0.868. The average Bonchev–Trinajstić information content (AvgIpc) is 3.18. The highest BCUT2D eigenvalue weighted by Crippen LogP contribution is 2.15. The predicted octanol–water partition coefficient (Wildman–Crippen LogP) is 15.4. The molecule has 6 nitrogen and oxygen atoms in total. The number of esters is 3. The second kappa shape index (κ2) is 44.9. The summed E-state index contributed by atoms with van der Waals surface area (Å²) in [5, 5.41) is 0. The molecule has 55 heavy (non-hydrogen) atoms. The molecular weight excluding hydrogens is 685 g/mol. The zero-order chi connectivity index (χ0) is 40.1. The molecule has 0 aromatic heterocycles. The van der Waals surface area contributed by atoms with Gasteiger partial charge in [0.15, 0.2) is 6.10 Å². The van der Waals surface area contributed by atoms with Crippen molar-refractivity contribution in [3.8, 4) is 0 Å². The van der Waals surface area contributed by atoms with Crippen LogP contribution in [0.3, 0.4) is 0 Å². The summed E-state index contributed by atoms with van der Waals surface area (Å²) >= 11 is 0. The lowest BCUT2D eigenvalue weighted by Crippen LogP contribution is -2.30. The van der Waals surface area contributed by atoms with Crippen LogP contribution in [0.4, 0.5) is 0 Å². The van der Waals surface area contributed by atoms with Crippen molar-refractivity contribution in [1.29, 1.82) is 0 Å². The highest BCUT2D eigenvalue weighted by molar-refractivity contribution is 5.71. The molecule has 0 saturated heterocycles. The van der Waals surface area contributed by atoms with Crippen LogP contribution in [-0.2, 0) is 28.6 Å². The van der Waals surface area contributed by atoms with Crippen molar-refractivity contribution in [3.63, 3.8) is 0 Å². The molecule has 0 aliphatic rings. The van der Waals surface area contributed by atoms with Gasteiger partial charge in [0.25, 0.3) is 0 Å². The average molecular weight is 777 g/mol. The first-order chi connectivity index (χ1) is 27.0. The summed E-state index contributed by atoms with van der Waals surface area (Å²) in [4.78, 5) is 37.7. The maximum Gasteiger partial charge on any atom is 0.306 e. The highest BCUT2D eigenvalue weighted by atomic mass is 16.6. The van der Waals surface area contributed by atoms with Crippen molar-refractivity contribution in [2.24, 2.45) is 0 Å². The van der Waals surface area contributed by atoms with E-state index in [1.807, 2.05) is 0 Å². The molecule has 0 radical (unpaired) electrons. The van der Waals surface area contributed by atoms with Gasteiger partial charge in [-0.15, -0.1) is 0 Å². The van der Waals surface area contributed by atoms with E-state index in [9.17, 15) is 14.4 Å². The summed E-state index contributed by atoms with van der Waals surface area (Å²) in [7, 11) is 0.